The molecule has 0 amide bonds. The van der Waals surface area contributed by atoms with Gasteiger partial charge in [-0.05, 0) is 49.2 Å². The molecular formula is C24H24N4O2. The molecule has 0 aliphatic rings. The number of imidazole rings is 1. The zero-order valence-electron chi connectivity index (χ0n) is 17.3. The van der Waals surface area contributed by atoms with Crippen LogP contribution in [0, 0.1) is 0 Å². The van der Waals surface area contributed by atoms with Crippen LogP contribution in [0.3, 0.4) is 0 Å². The van der Waals surface area contributed by atoms with Gasteiger partial charge in [-0.1, -0.05) is 19.1 Å². The van der Waals surface area contributed by atoms with Crippen molar-refractivity contribution in [1.29, 1.82) is 0 Å². The number of anilines is 2. The van der Waals surface area contributed by atoms with Crippen molar-refractivity contribution < 1.29 is 9.53 Å². The van der Waals surface area contributed by atoms with Crippen molar-refractivity contribution in [2.75, 3.05) is 5.32 Å². The SMILES string of the molecule is CCc1cccc(Nc2nc3cc(Oc4ccnc(CC(C)=O)c4)ccc3n2C)c1. The number of aromatic nitrogens is 3. The molecule has 0 aliphatic heterocycles. The second-order valence-corrected chi connectivity index (χ2v) is 7.29. The quantitative estimate of drug-likeness (QED) is 0.462. The molecule has 0 atom stereocenters. The van der Waals surface area contributed by atoms with Gasteiger partial charge in [-0.3, -0.25) is 9.78 Å². The lowest BCUT2D eigenvalue weighted by molar-refractivity contribution is -0.116. The average Bonchev–Trinajstić information content (AvgIpc) is 3.02. The highest BCUT2D eigenvalue weighted by Gasteiger charge is 2.10. The summed E-state index contributed by atoms with van der Waals surface area (Å²) in [7, 11) is 1.98. The number of fused-ring (bicyclic) bond motifs is 1. The van der Waals surface area contributed by atoms with E-state index in [2.05, 4.69) is 29.4 Å². The van der Waals surface area contributed by atoms with Gasteiger partial charge < -0.3 is 14.6 Å². The number of ketones is 1. The molecule has 4 rings (SSSR count). The predicted octanol–water partition coefficient (Wildman–Crippen LogP) is 5.20. The molecule has 6 nitrogen and oxygen atoms in total. The summed E-state index contributed by atoms with van der Waals surface area (Å²) in [6, 6.07) is 17.7. The molecule has 4 aromatic rings. The fourth-order valence-corrected chi connectivity index (χ4v) is 3.36. The van der Waals surface area contributed by atoms with E-state index in [1.54, 1.807) is 25.3 Å². The number of ether oxygens (including phenoxy) is 1. The second kappa shape index (κ2) is 8.37. The third kappa shape index (κ3) is 4.33. The monoisotopic (exact) mass is 400 g/mol. The van der Waals surface area contributed by atoms with Crippen molar-refractivity contribution in [2.45, 2.75) is 26.7 Å². The summed E-state index contributed by atoms with van der Waals surface area (Å²) in [5.41, 5.74) is 4.82. The minimum absolute atomic E-state index is 0.0686. The summed E-state index contributed by atoms with van der Waals surface area (Å²) in [4.78, 5) is 20.3. The molecule has 0 saturated heterocycles. The first kappa shape index (κ1) is 19.6. The van der Waals surface area contributed by atoms with Crippen LogP contribution in [0.15, 0.2) is 60.8 Å². The number of carbonyl (C=O) groups excluding carboxylic acids is 1. The Bertz CT molecular complexity index is 1210. The van der Waals surface area contributed by atoms with Gasteiger partial charge in [-0.25, -0.2) is 4.98 Å². The highest BCUT2D eigenvalue weighted by atomic mass is 16.5. The van der Waals surface area contributed by atoms with E-state index in [9.17, 15) is 4.79 Å². The average molecular weight is 400 g/mol. The Kier molecular flexibility index (Phi) is 5.48. The first-order valence-corrected chi connectivity index (χ1v) is 9.96. The van der Waals surface area contributed by atoms with Crippen molar-refractivity contribution in [1.82, 2.24) is 14.5 Å². The molecule has 0 aliphatic carbocycles. The predicted molar refractivity (Wildman–Crippen MR) is 119 cm³/mol. The van der Waals surface area contributed by atoms with Crippen LogP contribution in [-0.2, 0) is 24.7 Å². The van der Waals surface area contributed by atoms with E-state index in [1.165, 1.54) is 5.56 Å². The number of benzene rings is 2. The van der Waals surface area contributed by atoms with Gasteiger partial charge in [0, 0.05) is 37.5 Å². The van der Waals surface area contributed by atoms with Gasteiger partial charge in [-0.2, -0.15) is 0 Å². The Morgan fingerprint density at radius 2 is 1.93 bits per heavy atom. The molecule has 0 unspecified atom stereocenters. The highest BCUT2D eigenvalue weighted by Crippen LogP contribution is 2.28. The standard InChI is InChI=1S/C24H24N4O2/c1-4-17-6-5-7-18(13-17)26-24-27-22-15-20(8-9-23(22)28(24)3)30-21-10-11-25-19(14-21)12-16(2)29/h5-11,13-15H,4,12H2,1-3H3,(H,26,27). The maximum Gasteiger partial charge on any atom is 0.208 e. The normalized spacial score (nSPS) is 10.9. The number of nitrogens with zero attached hydrogens (tertiary/aromatic N) is 3. The van der Waals surface area contributed by atoms with Crippen LogP contribution < -0.4 is 10.1 Å². The van der Waals surface area contributed by atoms with Crippen molar-refractivity contribution in [3.8, 4) is 11.5 Å². The molecule has 0 spiro atoms. The largest absolute Gasteiger partial charge is 0.457 e. The van der Waals surface area contributed by atoms with Crippen LogP contribution in [0.5, 0.6) is 11.5 Å². The Hall–Kier alpha value is -3.67. The summed E-state index contributed by atoms with van der Waals surface area (Å²) < 4.78 is 8.01. The third-order valence-corrected chi connectivity index (χ3v) is 4.90. The molecule has 0 fully saturated rings. The fraction of sp³-hybridized carbons (Fsp3) is 0.208. The smallest absolute Gasteiger partial charge is 0.208 e. The van der Waals surface area contributed by atoms with Crippen molar-refractivity contribution in [3.05, 3.63) is 72.1 Å². The highest BCUT2D eigenvalue weighted by molar-refractivity contribution is 5.81. The molecule has 2 heterocycles. The second-order valence-electron chi connectivity index (χ2n) is 7.29. The van der Waals surface area contributed by atoms with Crippen LogP contribution in [0.1, 0.15) is 25.1 Å². The van der Waals surface area contributed by atoms with Gasteiger partial charge in [0.15, 0.2) is 0 Å². The van der Waals surface area contributed by atoms with Gasteiger partial charge in [-0.15, -0.1) is 0 Å². The summed E-state index contributed by atoms with van der Waals surface area (Å²) in [6.45, 7) is 3.69. The van der Waals surface area contributed by atoms with Gasteiger partial charge >= 0.3 is 0 Å². The number of carbonyl (C=O) groups is 1. The van der Waals surface area contributed by atoms with E-state index in [0.717, 1.165) is 29.1 Å². The van der Waals surface area contributed by atoms with E-state index in [4.69, 9.17) is 9.72 Å². The first-order chi connectivity index (χ1) is 14.5. The molecular weight excluding hydrogens is 376 g/mol. The maximum absolute atomic E-state index is 11.3. The van der Waals surface area contributed by atoms with Crippen LogP contribution in [0.4, 0.5) is 11.6 Å². The molecule has 0 saturated carbocycles. The molecule has 152 valence electrons. The van der Waals surface area contributed by atoms with E-state index < -0.39 is 0 Å². The number of Topliss-reactive ketones (excluding diaryl/α,β-unsaturated/α-hetero) is 1. The summed E-state index contributed by atoms with van der Waals surface area (Å²) in [5, 5.41) is 3.40. The molecule has 0 bridgehead atoms. The molecule has 30 heavy (non-hydrogen) atoms. The van der Waals surface area contributed by atoms with Gasteiger partial charge in [0.25, 0.3) is 0 Å². The van der Waals surface area contributed by atoms with E-state index in [-0.39, 0.29) is 5.78 Å². The Labute approximate surface area is 175 Å². The van der Waals surface area contributed by atoms with Gasteiger partial charge in [0.2, 0.25) is 5.95 Å². The Morgan fingerprint density at radius 3 is 2.73 bits per heavy atom. The number of nitrogens with one attached hydrogen (secondary N) is 1. The van der Waals surface area contributed by atoms with Gasteiger partial charge in [0.05, 0.1) is 16.7 Å². The molecule has 6 heteroatoms. The number of rotatable bonds is 7. The topological polar surface area (TPSA) is 69.0 Å². The van der Waals surface area contributed by atoms with E-state index in [1.807, 2.05) is 41.9 Å². The summed E-state index contributed by atoms with van der Waals surface area (Å²) in [5.74, 6) is 2.16. The van der Waals surface area contributed by atoms with Crippen LogP contribution in [-0.4, -0.2) is 20.3 Å². The lowest BCUT2D eigenvalue weighted by Gasteiger charge is -2.08. The summed E-state index contributed by atoms with van der Waals surface area (Å²) in [6.07, 6.45) is 2.94. The van der Waals surface area contributed by atoms with Crippen molar-refractivity contribution in [3.63, 3.8) is 0 Å². The maximum atomic E-state index is 11.3. The van der Waals surface area contributed by atoms with E-state index in [0.29, 0.717) is 23.6 Å². The zero-order chi connectivity index (χ0) is 21.1. The summed E-state index contributed by atoms with van der Waals surface area (Å²) >= 11 is 0. The van der Waals surface area contributed by atoms with E-state index >= 15 is 0 Å². The molecule has 2 aromatic carbocycles. The molecule has 0 radical (unpaired) electrons. The van der Waals surface area contributed by atoms with Crippen molar-refractivity contribution in [2.24, 2.45) is 7.05 Å². The Balaban J connectivity index is 1.58. The van der Waals surface area contributed by atoms with Crippen LogP contribution >= 0.6 is 0 Å². The number of hydrogen-bond donors (Lipinski definition) is 1. The molecule has 2 aromatic heterocycles. The van der Waals surface area contributed by atoms with Crippen LogP contribution in [0.25, 0.3) is 11.0 Å². The third-order valence-electron chi connectivity index (χ3n) is 4.90. The van der Waals surface area contributed by atoms with Crippen molar-refractivity contribution >= 4 is 28.5 Å². The van der Waals surface area contributed by atoms with Gasteiger partial charge in [0.1, 0.15) is 17.3 Å². The number of aryl methyl sites for hydroxylation is 2. The lowest BCUT2D eigenvalue weighted by Crippen LogP contribution is -1.99. The minimum atomic E-state index is 0.0686. The Morgan fingerprint density at radius 1 is 1.10 bits per heavy atom. The lowest BCUT2D eigenvalue weighted by atomic mass is 10.1. The molecule has 1 N–H and O–H groups in total. The van der Waals surface area contributed by atoms with Crippen LogP contribution in [0.2, 0.25) is 0 Å². The number of pyridine rings is 1. The number of hydrogen-bond acceptors (Lipinski definition) is 5. The fourth-order valence-electron chi connectivity index (χ4n) is 3.36. The zero-order valence-corrected chi connectivity index (χ0v) is 17.3. The first-order valence-electron chi connectivity index (χ1n) is 9.96. The minimum Gasteiger partial charge on any atom is -0.457 e.